The molecule has 1 aromatic heterocycles. The summed E-state index contributed by atoms with van der Waals surface area (Å²) < 4.78 is 25.1. The first-order valence-electron chi connectivity index (χ1n) is 6.51. The lowest BCUT2D eigenvalue weighted by molar-refractivity contribution is -0.0855. The molecule has 1 N–H and O–H groups in total. The quantitative estimate of drug-likeness (QED) is 0.942. The van der Waals surface area contributed by atoms with Crippen molar-refractivity contribution in [3.8, 4) is 0 Å². The molecule has 1 amide bonds. The Balaban J connectivity index is 1.75. The molecule has 21 heavy (non-hydrogen) atoms. The SMILES string of the molecule is O=C(NCC1COCCO1)c1sc2cccc(F)c2c1Cl. The summed E-state index contributed by atoms with van der Waals surface area (Å²) in [6, 6.07) is 4.67. The number of carbonyl (C=O) groups is 1. The Labute approximate surface area is 129 Å². The van der Waals surface area contributed by atoms with Crippen molar-refractivity contribution in [2.24, 2.45) is 0 Å². The number of nitrogens with one attached hydrogen (secondary N) is 1. The first kappa shape index (κ1) is 14.7. The Morgan fingerprint density at radius 1 is 1.48 bits per heavy atom. The predicted octanol–water partition coefficient (Wildman–Crippen LogP) is 2.84. The molecule has 7 heteroatoms. The highest BCUT2D eigenvalue weighted by Gasteiger charge is 2.21. The fourth-order valence-corrected chi connectivity index (χ4v) is 3.63. The van der Waals surface area contributed by atoms with Crippen molar-refractivity contribution in [1.82, 2.24) is 5.32 Å². The van der Waals surface area contributed by atoms with Gasteiger partial charge in [0.15, 0.2) is 0 Å². The zero-order valence-electron chi connectivity index (χ0n) is 11.0. The highest BCUT2D eigenvalue weighted by molar-refractivity contribution is 7.21. The number of ether oxygens (including phenoxy) is 2. The fourth-order valence-electron chi connectivity index (χ4n) is 2.16. The summed E-state index contributed by atoms with van der Waals surface area (Å²) in [6.45, 7) is 1.89. The third kappa shape index (κ3) is 3.03. The first-order valence-corrected chi connectivity index (χ1v) is 7.70. The van der Waals surface area contributed by atoms with Gasteiger partial charge in [-0.05, 0) is 12.1 Å². The molecule has 2 aromatic rings. The molecule has 0 spiro atoms. The van der Waals surface area contributed by atoms with Crippen molar-refractivity contribution in [3.05, 3.63) is 33.9 Å². The third-order valence-corrected chi connectivity index (χ3v) is 4.83. The minimum absolute atomic E-state index is 0.159. The number of amides is 1. The normalized spacial score (nSPS) is 18.9. The average molecular weight is 330 g/mol. The molecule has 1 unspecified atom stereocenters. The molecule has 0 aliphatic carbocycles. The number of halogens is 2. The third-order valence-electron chi connectivity index (χ3n) is 3.19. The Morgan fingerprint density at radius 3 is 3.05 bits per heavy atom. The Morgan fingerprint density at radius 2 is 2.33 bits per heavy atom. The van der Waals surface area contributed by atoms with Gasteiger partial charge in [0.05, 0.1) is 30.9 Å². The molecule has 1 aromatic carbocycles. The molecule has 1 atom stereocenters. The minimum atomic E-state index is -0.420. The van der Waals surface area contributed by atoms with E-state index < -0.39 is 5.82 Å². The number of carbonyl (C=O) groups excluding carboxylic acids is 1. The molecule has 1 aliphatic rings. The van der Waals surface area contributed by atoms with Crippen LogP contribution in [-0.4, -0.2) is 38.4 Å². The van der Waals surface area contributed by atoms with Crippen molar-refractivity contribution in [3.63, 3.8) is 0 Å². The van der Waals surface area contributed by atoms with E-state index >= 15 is 0 Å². The number of hydrogen-bond acceptors (Lipinski definition) is 4. The van der Waals surface area contributed by atoms with Crippen molar-refractivity contribution in [2.75, 3.05) is 26.4 Å². The van der Waals surface area contributed by atoms with Crippen LogP contribution >= 0.6 is 22.9 Å². The van der Waals surface area contributed by atoms with E-state index in [1.54, 1.807) is 12.1 Å². The summed E-state index contributed by atoms with van der Waals surface area (Å²) in [5, 5.41) is 3.21. The van der Waals surface area contributed by atoms with Crippen LogP contribution < -0.4 is 5.32 Å². The molecule has 2 heterocycles. The van der Waals surface area contributed by atoms with E-state index in [1.165, 1.54) is 17.4 Å². The lowest BCUT2D eigenvalue weighted by atomic mass is 10.2. The molecule has 1 aliphatic heterocycles. The smallest absolute Gasteiger partial charge is 0.263 e. The molecule has 112 valence electrons. The lowest BCUT2D eigenvalue weighted by Crippen LogP contribution is -2.39. The van der Waals surface area contributed by atoms with E-state index in [1.807, 2.05) is 0 Å². The van der Waals surface area contributed by atoms with Crippen LogP contribution in [0.2, 0.25) is 5.02 Å². The maximum atomic E-state index is 13.8. The summed E-state index contributed by atoms with van der Waals surface area (Å²) in [5.41, 5.74) is 0. The van der Waals surface area contributed by atoms with Crippen LogP contribution in [-0.2, 0) is 9.47 Å². The Bertz CT molecular complexity index is 670. The molecule has 0 bridgehead atoms. The van der Waals surface area contributed by atoms with Gasteiger partial charge < -0.3 is 14.8 Å². The molecule has 0 saturated carbocycles. The molecule has 1 saturated heterocycles. The average Bonchev–Trinajstić information content (AvgIpc) is 2.84. The standard InChI is InChI=1S/C14H13ClFNO3S/c15-12-11-9(16)2-1-3-10(11)21-13(12)14(18)17-6-8-7-19-4-5-20-8/h1-3,8H,4-7H2,(H,17,18). The van der Waals surface area contributed by atoms with Gasteiger partial charge in [0, 0.05) is 16.6 Å². The lowest BCUT2D eigenvalue weighted by Gasteiger charge is -2.22. The Hall–Kier alpha value is -1.21. The van der Waals surface area contributed by atoms with Gasteiger partial charge >= 0.3 is 0 Å². The maximum absolute atomic E-state index is 13.8. The van der Waals surface area contributed by atoms with Crippen LogP contribution in [0.5, 0.6) is 0 Å². The zero-order valence-corrected chi connectivity index (χ0v) is 12.6. The van der Waals surface area contributed by atoms with Gasteiger partial charge in [0.25, 0.3) is 5.91 Å². The second-order valence-corrected chi connectivity index (χ2v) is 6.07. The van der Waals surface area contributed by atoms with Crippen molar-refractivity contribution in [2.45, 2.75) is 6.10 Å². The van der Waals surface area contributed by atoms with Crippen molar-refractivity contribution < 1.29 is 18.7 Å². The molecule has 4 nitrogen and oxygen atoms in total. The van der Waals surface area contributed by atoms with E-state index in [-0.39, 0.29) is 17.0 Å². The number of fused-ring (bicyclic) bond motifs is 1. The minimum Gasteiger partial charge on any atom is -0.376 e. The van der Waals surface area contributed by atoms with Crippen LogP contribution in [0.1, 0.15) is 9.67 Å². The van der Waals surface area contributed by atoms with Gasteiger partial charge in [-0.15, -0.1) is 11.3 Å². The second kappa shape index (κ2) is 6.27. The topological polar surface area (TPSA) is 47.6 Å². The van der Waals surface area contributed by atoms with Crippen LogP contribution in [0.4, 0.5) is 4.39 Å². The maximum Gasteiger partial charge on any atom is 0.263 e. The van der Waals surface area contributed by atoms with Crippen LogP contribution in [0.15, 0.2) is 18.2 Å². The van der Waals surface area contributed by atoms with Gasteiger partial charge in [-0.3, -0.25) is 4.79 Å². The predicted molar refractivity (Wildman–Crippen MR) is 79.7 cm³/mol. The van der Waals surface area contributed by atoms with E-state index in [0.29, 0.717) is 41.3 Å². The van der Waals surface area contributed by atoms with Crippen molar-refractivity contribution in [1.29, 1.82) is 0 Å². The summed E-state index contributed by atoms with van der Waals surface area (Å²) >= 11 is 7.31. The highest BCUT2D eigenvalue weighted by atomic mass is 35.5. The fraction of sp³-hybridized carbons (Fsp3) is 0.357. The van der Waals surface area contributed by atoms with E-state index in [0.717, 1.165) is 0 Å². The number of thiophene rings is 1. The summed E-state index contributed by atoms with van der Waals surface area (Å²) in [5.74, 6) is -0.744. The number of rotatable bonds is 3. The van der Waals surface area contributed by atoms with Crippen LogP contribution in [0.25, 0.3) is 10.1 Å². The van der Waals surface area contributed by atoms with Crippen molar-refractivity contribution >= 4 is 38.9 Å². The second-order valence-electron chi connectivity index (χ2n) is 4.64. The van der Waals surface area contributed by atoms with E-state index in [4.69, 9.17) is 21.1 Å². The van der Waals surface area contributed by atoms with Gasteiger partial charge in [0.2, 0.25) is 0 Å². The van der Waals surface area contributed by atoms with Gasteiger partial charge in [-0.1, -0.05) is 17.7 Å². The molecule has 1 fully saturated rings. The van der Waals surface area contributed by atoms with Gasteiger partial charge in [0.1, 0.15) is 10.7 Å². The molecular formula is C14H13ClFNO3S. The molecular weight excluding hydrogens is 317 g/mol. The summed E-state index contributed by atoms with van der Waals surface area (Å²) in [6.07, 6.45) is -0.160. The largest absolute Gasteiger partial charge is 0.376 e. The number of hydrogen-bond donors (Lipinski definition) is 1. The van der Waals surface area contributed by atoms with Crippen LogP contribution in [0, 0.1) is 5.82 Å². The molecule has 3 rings (SSSR count). The van der Waals surface area contributed by atoms with E-state index in [2.05, 4.69) is 5.32 Å². The highest BCUT2D eigenvalue weighted by Crippen LogP contribution is 2.36. The monoisotopic (exact) mass is 329 g/mol. The summed E-state index contributed by atoms with van der Waals surface area (Å²) in [4.78, 5) is 12.5. The van der Waals surface area contributed by atoms with E-state index in [9.17, 15) is 9.18 Å². The zero-order chi connectivity index (χ0) is 14.8. The molecule has 0 radical (unpaired) electrons. The summed E-state index contributed by atoms with van der Waals surface area (Å²) in [7, 11) is 0. The first-order chi connectivity index (χ1) is 10.2. The van der Waals surface area contributed by atoms with Crippen LogP contribution in [0.3, 0.4) is 0 Å². The van der Waals surface area contributed by atoms with Gasteiger partial charge in [-0.25, -0.2) is 4.39 Å². The number of benzene rings is 1. The Kier molecular flexibility index (Phi) is 4.40. The van der Waals surface area contributed by atoms with Gasteiger partial charge in [-0.2, -0.15) is 0 Å².